The van der Waals surface area contributed by atoms with Gasteiger partial charge in [-0.3, -0.25) is 14.4 Å². The standard InChI is InChI=1S/C22H30N2O4/c1-4-6-20(25)23(14-18-7-5-12-28-18)19-13-21(26)24(22(19)27)17-10-8-16(9-11-17)15(2)3/h8-11,15,18-19H,4-7,12-14H2,1-3H3. The van der Waals surface area contributed by atoms with Gasteiger partial charge in [-0.05, 0) is 42.9 Å². The summed E-state index contributed by atoms with van der Waals surface area (Å²) >= 11 is 0. The third kappa shape index (κ3) is 4.27. The lowest BCUT2D eigenvalue weighted by Gasteiger charge is -2.29. The Kier molecular flexibility index (Phi) is 6.50. The number of carbonyl (C=O) groups is 3. The van der Waals surface area contributed by atoms with E-state index in [2.05, 4.69) is 13.8 Å². The van der Waals surface area contributed by atoms with Gasteiger partial charge in [0.1, 0.15) is 6.04 Å². The normalized spacial score (nSPS) is 22.4. The molecule has 2 saturated heterocycles. The lowest BCUT2D eigenvalue weighted by molar-refractivity contribution is -0.140. The van der Waals surface area contributed by atoms with Crippen LogP contribution in [-0.2, 0) is 19.1 Å². The van der Waals surface area contributed by atoms with Gasteiger partial charge < -0.3 is 9.64 Å². The number of nitrogens with zero attached hydrogens (tertiary/aromatic N) is 2. The van der Waals surface area contributed by atoms with Crippen LogP contribution >= 0.6 is 0 Å². The quantitative estimate of drug-likeness (QED) is 0.675. The molecule has 0 radical (unpaired) electrons. The number of ether oxygens (including phenoxy) is 1. The first-order valence-corrected chi connectivity index (χ1v) is 10.3. The van der Waals surface area contributed by atoms with Gasteiger partial charge in [-0.25, -0.2) is 4.90 Å². The van der Waals surface area contributed by atoms with Crippen molar-refractivity contribution in [3.8, 4) is 0 Å². The summed E-state index contributed by atoms with van der Waals surface area (Å²) in [7, 11) is 0. The molecular weight excluding hydrogens is 356 g/mol. The fourth-order valence-electron chi connectivity index (χ4n) is 3.91. The number of carbonyl (C=O) groups excluding carboxylic acids is 3. The second-order valence-corrected chi connectivity index (χ2v) is 7.96. The van der Waals surface area contributed by atoms with Crippen molar-refractivity contribution in [2.24, 2.45) is 0 Å². The molecular formula is C22H30N2O4. The number of rotatable bonds is 7. The van der Waals surface area contributed by atoms with Crippen LogP contribution in [0.4, 0.5) is 5.69 Å². The van der Waals surface area contributed by atoms with Crippen molar-refractivity contribution in [3.63, 3.8) is 0 Å². The van der Waals surface area contributed by atoms with Gasteiger partial charge >= 0.3 is 0 Å². The Morgan fingerprint density at radius 1 is 1.25 bits per heavy atom. The highest BCUT2D eigenvalue weighted by Gasteiger charge is 2.44. The highest BCUT2D eigenvalue weighted by Crippen LogP contribution is 2.28. The van der Waals surface area contributed by atoms with E-state index in [1.807, 2.05) is 31.2 Å². The van der Waals surface area contributed by atoms with E-state index in [1.165, 1.54) is 4.90 Å². The number of benzene rings is 1. The summed E-state index contributed by atoms with van der Waals surface area (Å²) < 4.78 is 5.68. The summed E-state index contributed by atoms with van der Waals surface area (Å²) in [5, 5.41) is 0. The lowest BCUT2D eigenvalue weighted by Crippen LogP contribution is -2.48. The Labute approximate surface area is 166 Å². The van der Waals surface area contributed by atoms with Crippen molar-refractivity contribution in [3.05, 3.63) is 29.8 Å². The van der Waals surface area contributed by atoms with Crippen molar-refractivity contribution in [2.45, 2.75) is 70.9 Å². The minimum atomic E-state index is -0.736. The number of anilines is 1. The van der Waals surface area contributed by atoms with Crippen molar-refractivity contribution < 1.29 is 19.1 Å². The van der Waals surface area contributed by atoms with Crippen LogP contribution in [0.25, 0.3) is 0 Å². The molecule has 0 spiro atoms. The summed E-state index contributed by atoms with van der Waals surface area (Å²) in [6.07, 6.45) is 2.90. The highest BCUT2D eigenvalue weighted by atomic mass is 16.5. The van der Waals surface area contributed by atoms with Crippen LogP contribution in [0.3, 0.4) is 0 Å². The largest absolute Gasteiger partial charge is 0.376 e. The summed E-state index contributed by atoms with van der Waals surface area (Å²) in [4.78, 5) is 41.3. The van der Waals surface area contributed by atoms with E-state index < -0.39 is 6.04 Å². The maximum atomic E-state index is 13.1. The summed E-state index contributed by atoms with van der Waals surface area (Å²) in [5.41, 5.74) is 1.72. The molecule has 1 aromatic rings. The molecule has 3 rings (SSSR count). The molecule has 6 heteroatoms. The number of imide groups is 1. The van der Waals surface area contributed by atoms with E-state index in [9.17, 15) is 14.4 Å². The van der Waals surface area contributed by atoms with Crippen molar-refractivity contribution in [2.75, 3.05) is 18.1 Å². The average Bonchev–Trinajstić information content (AvgIpc) is 3.28. The molecule has 2 heterocycles. The molecule has 2 fully saturated rings. The maximum Gasteiger partial charge on any atom is 0.257 e. The van der Waals surface area contributed by atoms with Crippen LogP contribution < -0.4 is 4.90 Å². The van der Waals surface area contributed by atoms with Gasteiger partial charge in [0.25, 0.3) is 5.91 Å². The second kappa shape index (κ2) is 8.86. The molecule has 0 aromatic heterocycles. The monoisotopic (exact) mass is 386 g/mol. The topological polar surface area (TPSA) is 66.9 Å². The van der Waals surface area contributed by atoms with Crippen LogP contribution in [0.5, 0.6) is 0 Å². The van der Waals surface area contributed by atoms with Gasteiger partial charge in [0, 0.05) is 19.6 Å². The van der Waals surface area contributed by atoms with Gasteiger partial charge in [0.15, 0.2) is 0 Å². The van der Waals surface area contributed by atoms with Crippen LogP contribution in [0.15, 0.2) is 24.3 Å². The van der Waals surface area contributed by atoms with Gasteiger partial charge in [-0.1, -0.05) is 32.9 Å². The number of hydrogen-bond donors (Lipinski definition) is 0. The molecule has 0 aliphatic carbocycles. The van der Waals surface area contributed by atoms with Crippen molar-refractivity contribution in [1.82, 2.24) is 4.90 Å². The molecule has 28 heavy (non-hydrogen) atoms. The number of amides is 3. The summed E-state index contributed by atoms with van der Waals surface area (Å²) in [5.74, 6) is -0.278. The summed E-state index contributed by atoms with van der Waals surface area (Å²) in [6.45, 7) is 7.19. The molecule has 3 amide bonds. The molecule has 2 aliphatic rings. The molecule has 0 bridgehead atoms. The van der Waals surface area contributed by atoms with E-state index >= 15 is 0 Å². The third-order valence-electron chi connectivity index (χ3n) is 5.53. The molecule has 0 saturated carbocycles. The highest BCUT2D eigenvalue weighted by molar-refractivity contribution is 6.23. The Morgan fingerprint density at radius 3 is 2.54 bits per heavy atom. The number of hydrogen-bond acceptors (Lipinski definition) is 4. The maximum absolute atomic E-state index is 13.1. The minimum Gasteiger partial charge on any atom is -0.376 e. The Hall–Kier alpha value is -2.21. The lowest BCUT2D eigenvalue weighted by atomic mass is 10.0. The first kappa shape index (κ1) is 20.5. The zero-order valence-corrected chi connectivity index (χ0v) is 17.0. The zero-order valence-electron chi connectivity index (χ0n) is 17.0. The van der Waals surface area contributed by atoms with E-state index in [0.717, 1.165) is 18.4 Å². The Balaban J connectivity index is 1.81. The minimum absolute atomic E-state index is 0.0347. The van der Waals surface area contributed by atoms with E-state index in [1.54, 1.807) is 4.90 Å². The predicted octanol–water partition coefficient (Wildman–Crippen LogP) is 3.25. The zero-order chi connectivity index (χ0) is 20.3. The molecule has 2 atom stereocenters. The van der Waals surface area contributed by atoms with E-state index in [-0.39, 0.29) is 30.2 Å². The molecule has 0 N–H and O–H groups in total. The van der Waals surface area contributed by atoms with Crippen molar-refractivity contribution >= 4 is 23.4 Å². The van der Waals surface area contributed by atoms with Crippen LogP contribution in [-0.4, -0.2) is 47.9 Å². The van der Waals surface area contributed by atoms with Gasteiger partial charge in [0.05, 0.1) is 18.2 Å². The van der Waals surface area contributed by atoms with Gasteiger partial charge in [-0.15, -0.1) is 0 Å². The molecule has 152 valence electrons. The van der Waals surface area contributed by atoms with Crippen LogP contribution in [0.1, 0.15) is 64.4 Å². The first-order chi connectivity index (χ1) is 13.4. The van der Waals surface area contributed by atoms with Crippen molar-refractivity contribution in [1.29, 1.82) is 0 Å². The van der Waals surface area contributed by atoms with Gasteiger partial charge in [-0.2, -0.15) is 0 Å². The summed E-state index contributed by atoms with van der Waals surface area (Å²) in [6, 6.07) is 6.78. The second-order valence-electron chi connectivity index (χ2n) is 7.96. The predicted molar refractivity (Wildman–Crippen MR) is 107 cm³/mol. The Morgan fingerprint density at radius 2 is 1.96 bits per heavy atom. The average molecular weight is 386 g/mol. The first-order valence-electron chi connectivity index (χ1n) is 10.3. The van der Waals surface area contributed by atoms with Crippen LogP contribution in [0.2, 0.25) is 0 Å². The van der Waals surface area contributed by atoms with Gasteiger partial charge in [0.2, 0.25) is 11.8 Å². The van der Waals surface area contributed by atoms with E-state index in [0.29, 0.717) is 37.6 Å². The third-order valence-corrected chi connectivity index (χ3v) is 5.53. The smallest absolute Gasteiger partial charge is 0.257 e. The van der Waals surface area contributed by atoms with E-state index in [4.69, 9.17) is 4.74 Å². The molecule has 6 nitrogen and oxygen atoms in total. The van der Waals surface area contributed by atoms with Crippen LogP contribution in [0, 0.1) is 0 Å². The SMILES string of the molecule is CCCC(=O)N(CC1CCCO1)C1CC(=O)N(c2ccc(C(C)C)cc2)C1=O. The fraction of sp³-hybridized carbons (Fsp3) is 0.591. The molecule has 1 aromatic carbocycles. The fourth-order valence-corrected chi connectivity index (χ4v) is 3.91. The Bertz CT molecular complexity index is 723. The molecule has 2 unspecified atom stereocenters. The molecule has 2 aliphatic heterocycles.